The summed E-state index contributed by atoms with van der Waals surface area (Å²) in [4.78, 5) is 0. The topological polar surface area (TPSA) is 21.3 Å². The molecule has 7 heteroatoms. The molecular formula is C10H10F5NO. The van der Waals surface area contributed by atoms with Crippen LogP contribution in [0, 0.1) is 5.82 Å². The summed E-state index contributed by atoms with van der Waals surface area (Å²) in [5.74, 6) is -1.67. The zero-order valence-electron chi connectivity index (χ0n) is 8.76. The predicted molar refractivity (Wildman–Crippen MR) is 52.1 cm³/mol. The van der Waals surface area contributed by atoms with Crippen molar-refractivity contribution in [3.05, 3.63) is 24.0 Å². The average Bonchev–Trinajstić information content (AvgIpc) is 2.21. The minimum atomic E-state index is -3.14. The summed E-state index contributed by atoms with van der Waals surface area (Å²) in [5.41, 5.74) is 0.0666. The van der Waals surface area contributed by atoms with Crippen LogP contribution in [-0.2, 0) is 0 Å². The highest BCUT2D eigenvalue weighted by atomic mass is 19.3. The van der Waals surface area contributed by atoms with Crippen molar-refractivity contribution in [2.24, 2.45) is 0 Å². The SMILES string of the molecule is CC(Nc1ccc(OC(F)F)c(F)c1)C(F)F. The van der Waals surface area contributed by atoms with E-state index in [4.69, 9.17) is 0 Å². The van der Waals surface area contributed by atoms with E-state index in [2.05, 4.69) is 10.1 Å². The van der Waals surface area contributed by atoms with Crippen molar-refractivity contribution in [2.75, 3.05) is 5.32 Å². The molecule has 1 N–H and O–H groups in total. The summed E-state index contributed by atoms with van der Waals surface area (Å²) in [6.45, 7) is -1.92. The summed E-state index contributed by atoms with van der Waals surface area (Å²) in [6, 6.07) is 1.77. The number of anilines is 1. The fourth-order valence-electron chi connectivity index (χ4n) is 1.11. The van der Waals surface area contributed by atoms with E-state index >= 15 is 0 Å². The van der Waals surface area contributed by atoms with Crippen molar-refractivity contribution in [3.63, 3.8) is 0 Å². The molecule has 1 aromatic carbocycles. The van der Waals surface area contributed by atoms with Crippen LogP contribution in [0.25, 0.3) is 0 Å². The smallest absolute Gasteiger partial charge is 0.387 e. The van der Waals surface area contributed by atoms with Crippen LogP contribution in [0.1, 0.15) is 6.92 Å². The monoisotopic (exact) mass is 255 g/mol. The van der Waals surface area contributed by atoms with Crippen LogP contribution >= 0.6 is 0 Å². The summed E-state index contributed by atoms with van der Waals surface area (Å²) in [6.07, 6.45) is -2.62. The van der Waals surface area contributed by atoms with Crippen LogP contribution in [-0.4, -0.2) is 19.1 Å². The summed E-state index contributed by atoms with van der Waals surface area (Å²) >= 11 is 0. The largest absolute Gasteiger partial charge is 0.432 e. The van der Waals surface area contributed by atoms with Gasteiger partial charge in [-0.15, -0.1) is 0 Å². The Balaban J connectivity index is 2.75. The molecule has 1 atom stereocenters. The van der Waals surface area contributed by atoms with E-state index in [-0.39, 0.29) is 5.69 Å². The molecule has 1 rings (SSSR count). The fourth-order valence-corrected chi connectivity index (χ4v) is 1.11. The highest BCUT2D eigenvalue weighted by molar-refractivity contribution is 5.48. The van der Waals surface area contributed by atoms with Gasteiger partial charge in [-0.3, -0.25) is 0 Å². The Kier molecular flexibility index (Phi) is 4.53. The molecule has 96 valence electrons. The fraction of sp³-hybridized carbons (Fsp3) is 0.400. The van der Waals surface area contributed by atoms with Gasteiger partial charge in [0.25, 0.3) is 6.43 Å². The molecule has 0 amide bonds. The number of halogens is 5. The summed E-state index contributed by atoms with van der Waals surface area (Å²) in [7, 11) is 0. The van der Waals surface area contributed by atoms with E-state index in [9.17, 15) is 22.0 Å². The van der Waals surface area contributed by atoms with Gasteiger partial charge in [0, 0.05) is 11.8 Å². The lowest BCUT2D eigenvalue weighted by Gasteiger charge is -2.14. The van der Waals surface area contributed by atoms with E-state index < -0.39 is 30.6 Å². The number of ether oxygens (including phenoxy) is 1. The Morgan fingerprint density at radius 1 is 1.18 bits per heavy atom. The maximum absolute atomic E-state index is 13.2. The molecule has 0 spiro atoms. The van der Waals surface area contributed by atoms with Gasteiger partial charge in [-0.1, -0.05) is 0 Å². The van der Waals surface area contributed by atoms with Crippen LogP contribution in [0.2, 0.25) is 0 Å². The second kappa shape index (κ2) is 5.70. The Labute approximate surface area is 94.4 Å². The first-order valence-corrected chi connectivity index (χ1v) is 4.69. The van der Waals surface area contributed by atoms with Crippen LogP contribution in [0.4, 0.5) is 27.6 Å². The van der Waals surface area contributed by atoms with Crippen molar-refractivity contribution in [2.45, 2.75) is 26.0 Å². The quantitative estimate of drug-likeness (QED) is 0.813. The summed E-state index contributed by atoms with van der Waals surface area (Å²) in [5, 5.41) is 2.33. The Bertz CT molecular complexity index is 372. The van der Waals surface area contributed by atoms with Crippen LogP contribution < -0.4 is 10.1 Å². The van der Waals surface area contributed by atoms with Crippen LogP contribution in [0.15, 0.2) is 18.2 Å². The van der Waals surface area contributed by atoms with Gasteiger partial charge >= 0.3 is 6.61 Å². The van der Waals surface area contributed by atoms with Crippen molar-refractivity contribution >= 4 is 5.69 Å². The molecule has 17 heavy (non-hydrogen) atoms. The molecule has 0 radical (unpaired) electrons. The van der Waals surface area contributed by atoms with Crippen LogP contribution in [0.3, 0.4) is 0 Å². The first-order chi connectivity index (χ1) is 7.90. The first kappa shape index (κ1) is 13.5. The highest BCUT2D eigenvalue weighted by Crippen LogP contribution is 2.23. The number of rotatable bonds is 5. The molecule has 2 nitrogen and oxygen atoms in total. The minimum Gasteiger partial charge on any atom is -0.432 e. The standard InChI is InChI=1S/C10H10F5NO/c1-5(9(12)13)16-6-2-3-8(7(11)4-6)17-10(14)15/h2-5,9-10,16H,1H3. The third kappa shape index (κ3) is 4.08. The average molecular weight is 255 g/mol. The second-order valence-electron chi connectivity index (χ2n) is 3.29. The third-order valence-electron chi connectivity index (χ3n) is 1.92. The van der Waals surface area contributed by atoms with Crippen molar-refractivity contribution in [3.8, 4) is 5.75 Å². The minimum absolute atomic E-state index is 0.0666. The first-order valence-electron chi connectivity index (χ1n) is 4.69. The molecule has 0 saturated heterocycles. The number of nitrogens with one attached hydrogen (secondary N) is 1. The number of benzene rings is 1. The molecule has 0 aliphatic heterocycles. The van der Waals surface area contributed by atoms with Gasteiger partial charge in [0.05, 0.1) is 6.04 Å². The van der Waals surface area contributed by atoms with Gasteiger partial charge in [-0.05, 0) is 19.1 Å². The van der Waals surface area contributed by atoms with E-state index in [0.29, 0.717) is 0 Å². The second-order valence-corrected chi connectivity index (χ2v) is 3.29. The molecule has 0 bridgehead atoms. The van der Waals surface area contributed by atoms with Crippen molar-refractivity contribution in [1.82, 2.24) is 0 Å². The van der Waals surface area contributed by atoms with Gasteiger partial charge in [-0.25, -0.2) is 13.2 Å². The Hall–Kier alpha value is -1.53. The highest BCUT2D eigenvalue weighted by Gasteiger charge is 2.15. The van der Waals surface area contributed by atoms with Crippen molar-refractivity contribution < 1.29 is 26.7 Å². The van der Waals surface area contributed by atoms with Gasteiger partial charge < -0.3 is 10.1 Å². The van der Waals surface area contributed by atoms with Crippen molar-refractivity contribution in [1.29, 1.82) is 0 Å². The van der Waals surface area contributed by atoms with E-state index in [1.807, 2.05) is 0 Å². The molecule has 1 aromatic rings. The molecule has 0 fully saturated rings. The molecule has 0 aromatic heterocycles. The zero-order chi connectivity index (χ0) is 13.0. The van der Waals surface area contributed by atoms with Gasteiger partial charge in [0.2, 0.25) is 0 Å². The molecule has 0 aliphatic rings. The van der Waals surface area contributed by atoms with E-state index in [1.54, 1.807) is 0 Å². The molecule has 0 aliphatic carbocycles. The molecule has 1 unspecified atom stereocenters. The zero-order valence-corrected chi connectivity index (χ0v) is 8.76. The van der Waals surface area contributed by atoms with E-state index in [0.717, 1.165) is 12.1 Å². The molecule has 0 heterocycles. The maximum atomic E-state index is 13.2. The number of hydrogen-bond donors (Lipinski definition) is 1. The Morgan fingerprint density at radius 2 is 1.82 bits per heavy atom. The molecule has 0 saturated carbocycles. The number of alkyl halides is 4. The lowest BCUT2D eigenvalue weighted by molar-refractivity contribution is -0.0521. The predicted octanol–water partition coefficient (Wildman–Crippen LogP) is 3.49. The van der Waals surface area contributed by atoms with E-state index in [1.165, 1.54) is 13.0 Å². The van der Waals surface area contributed by atoms with Gasteiger partial charge in [0.15, 0.2) is 11.6 Å². The molecular weight excluding hydrogens is 245 g/mol. The van der Waals surface area contributed by atoms with Gasteiger partial charge in [0.1, 0.15) is 0 Å². The maximum Gasteiger partial charge on any atom is 0.387 e. The lowest BCUT2D eigenvalue weighted by Crippen LogP contribution is -2.23. The number of hydrogen-bond acceptors (Lipinski definition) is 2. The lowest BCUT2D eigenvalue weighted by atomic mass is 10.2. The summed E-state index contributed by atoms with van der Waals surface area (Å²) < 4.78 is 65.0. The Morgan fingerprint density at radius 3 is 2.29 bits per heavy atom. The third-order valence-corrected chi connectivity index (χ3v) is 1.92. The van der Waals surface area contributed by atoms with Crippen LogP contribution in [0.5, 0.6) is 5.75 Å². The van der Waals surface area contributed by atoms with Gasteiger partial charge in [-0.2, -0.15) is 8.78 Å². The normalized spacial score (nSPS) is 12.9.